The predicted octanol–water partition coefficient (Wildman–Crippen LogP) is 8.97. The Labute approximate surface area is 241 Å². The number of benzene rings is 2. The van der Waals surface area contributed by atoms with Crippen LogP contribution in [0, 0.1) is 0 Å². The van der Waals surface area contributed by atoms with Gasteiger partial charge in [0.15, 0.2) is 11.6 Å². The molecule has 5 rings (SSSR count). The van der Waals surface area contributed by atoms with E-state index in [0.29, 0.717) is 17.6 Å². The molecule has 0 amide bonds. The Morgan fingerprint density at radius 1 is 0.750 bits per heavy atom. The summed E-state index contributed by atoms with van der Waals surface area (Å²) in [7, 11) is -4.33. The number of ketones is 2. The van der Waals surface area contributed by atoms with Crippen molar-refractivity contribution in [3.8, 4) is 11.5 Å². The van der Waals surface area contributed by atoms with Crippen LogP contribution in [-0.2, 0) is 16.0 Å². The minimum absolute atomic E-state index is 0.0205. The van der Waals surface area contributed by atoms with Crippen molar-refractivity contribution in [1.29, 1.82) is 0 Å². The molecule has 0 saturated heterocycles. The fourth-order valence-corrected chi connectivity index (χ4v) is 7.64. The van der Waals surface area contributed by atoms with Gasteiger partial charge in [0.1, 0.15) is 11.5 Å². The monoisotopic (exact) mass is 572 g/mol. The molecule has 0 N–H and O–H groups in total. The standard InChI is InChI=1S/C34H44O4Si2/c1-33(2,3)39(7,8)37-27-19-20-28(38-40(9,10)34(4,5)6)32-24(27)16-14-22-12-11-21-13-15-23-25(35)17-18-26(36)31(23)29(21)30(22)32/h13-14,16-20,29H,11-12,15H2,1-10H3/t29-/m1/s1. The molecule has 1 atom stereocenters. The van der Waals surface area contributed by atoms with E-state index in [9.17, 15) is 9.59 Å². The smallest absolute Gasteiger partial charge is 0.250 e. The van der Waals surface area contributed by atoms with E-state index in [4.69, 9.17) is 8.85 Å². The van der Waals surface area contributed by atoms with Gasteiger partial charge in [-0.3, -0.25) is 9.59 Å². The first-order valence-electron chi connectivity index (χ1n) is 14.6. The van der Waals surface area contributed by atoms with Crippen LogP contribution in [0.2, 0.25) is 36.3 Å². The van der Waals surface area contributed by atoms with E-state index in [1.807, 2.05) is 0 Å². The number of carbonyl (C=O) groups is 2. The molecule has 3 aliphatic carbocycles. The molecule has 0 radical (unpaired) electrons. The van der Waals surface area contributed by atoms with Gasteiger partial charge in [-0.05, 0) is 90.9 Å². The van der Waals surface area contributed by atoms with Crippen molar-refractivity contribution in [2.75, 3.05) is 0 Å². The van der Waals surface area contributed by atoms with Gasteiger partial charge >= 0.3 is 0 Å². The van der Waals surface area contributed by atoms with Crippen LogP contribution >= 0.6 is 0 Å². The van der Waals surface area contributed by atoms with Crippen molar-refractivity contribution < 1.29 is 18.4 Å². The molecule has 0 saturated carbocycles. The van der Waals surface area contributed by atoms with E-state index in [1.54, 1.807) is 0 Å². The van der Waals surface area contributed by atoms with Gasteiger partial charge in [-0.25, -0.2) is 0 Å². The molecule has 0 aromatic heterocycles. The van der Waals surface area contributed by atoms with Gasteiger partial charge in [-0.2, -0.15) is 0 Å². The van der Waals surface area contributed by atoms with E-state index >= 15 is 0 Å². The first kappa shape index (κ1) is 28.8. The summed E-state index contributed by atoms with van der Waals surface area (Å²) in [6, 6.07) is 8.58. The largest absolute Gasteiger partial charge is 0.543 e. The summed E-state index contributed by atoms with van der Waals surface area (Å²) in [6.45, 7) is 22.6. The number of aryl methyl sites for hydroxylation is 1. The zero-order chi connectivity index (χ0) is 29.4. The molecule has 0 fully saturated rings. The summed E-state index contributed by atoms with van der Waals surface area (Å²) in [4.78, 5) is 26.4. The molecule has 4 nitrogen and oxygen atoms in total. The summed E-state index contributed by atoms with van der Waals surface area (Å²) >= 11 is 0. The number of carbonyl (C=O) groups excluding carboxylic acids is 2. The highest BCUT2D eigenvalue weighted by Crippen LogP contribution is 2.53. The van der Waals surface area contributed by atoms with Crippen LogP contribution in [-0.4, -0.2) is 28.2 Å². The minimum atomic E-state index is -2.20. The second-order valence-electron chi connectivity index (χ2n) is 14.7. The summed E-state index contributed by atoms with van der Waals surface area (Å²) in [5.74, 6) is 1.41. The maximum atomic E-state index is 13.4. The van der Waals surface area contributed by atoms with Crippen LogP contribution in [0.25, 0.3) is 10.8 Å². The van der Waals surface area contributed by atoms with Gasteiger partial charge in [-0.15, -0.1) is 0 Å². The van der Waals surface area contributed by atoms with Gasteiger partial charge in [0.05, 0.1) is 0 Å². The summed E-state index contributed by atoms with van der Waals surface area (Å²) < 4.78 is 14.0. The second-order valence-corrected chi connectivity index (χ2v) is 24.2. The van der Waals surface area contributed by atoms with Gasteiger partial charge in [-0.1, -0.05) is 65.3 Å². The maximum absolute atomic E-state index is 13.4. The lowest BCUT2D eigenvalue weighted by molar-refractivity contribution is -0.115. The molecule has 0 spiro atoms. The molecule has 3 aliphatic rings. The zero-order valence-corrected chi connectivity index (χ0v) is 27.9. The highest BCUT2D eigenvalue weighted by atomic mass is 28.4. The third-order valence-corrected chi connectivity index (χ3v) is 18.7. The molecule has 0 unspecified atom stereocenters. The summed E-state index contributed by atoms with van der Waals surface area (Å²) in [5.41, 5.74) is 4.89. The number of hydrogen-bond acceptors (Lipinski definition) is 4. The van der Waals surface area contributed by atoms with Crippen LogP contribution in [0.5, 0.6) is 11.5 Å². The van der Waals surface area contributed by atoms with Crippen LogP contribution in [0.1, 0.15) is 71.4 Å². The number of hydrogen-bond donors (Lipinski definition) is 0. The molecule has 2 aromatic rings. The minimum Gasteiger partial charge on any atom is -0.543 e. The average molecular weight is 573 g/mol. The molecule has 212 valence electrons. The second kappa shape index (κ2) is 9.42. The molecule has 2 aromatic carbocycles. The summed E-state index contributed by atoms with van der Waals surface area (Å²) in [6.07, 6.45) is 7.42. The van der Waals surface area contributed by atoms with E-state index in [0.717, 1.165) is 40.7 Å². The lowest BCUT2D eigenvalue weighted by Crippen LogP contribution is -2.44. The molecule has 0 aliphatic heterocycles. The maximum Gasteiger partial charge on any atom is 0.250 e. The molecule has 0 bridgehead atoms. The summed E-state index contributed by atoms with van der Waals surface area (Å²) in [5, 5.41) is 2.13. The van der Waals surface area contributed by atoms with Crippen molar-refractivity contribution in [1.82, 2.24) is 0 Å². The highest BCUT2D eigenvalue weighted by molar-refractivity contribution is 6.75. The van der Waals surface area contributed by atoms with Gasteiger partial charge in [0, 0.05) is 27.8 Å². The fraction of sp³-hybridized carbons (Fsp3) is 0.471. The van der Waals surface area contributed by atoms with Gasteiger partial charge < -0.3 is 8.85 Å². The van der Waals surface area contributed by atoms with Crippen molar-refractivity contribution in [3.05, 3.63) is 70.3 Å². The van der Waals surface area contributed by atoms with E-state index < -0.39 is 16.6 Å². The lowest BCUT2D eigenvalue weighted by atomic mass is 9.67. The average Bonchev–Trinajstić information content (AvgIpc) is 2.85. The van der Waals surface area contributed by atoms with Crippen LogP contribution in [0.4, 0.5) is 0 Å². The highest BCUT2D eigenvalue weighted by Gasteiger charge is 2.43. The Morgan fingerprint density at radius 3 is 1.95 bits per heavy atom. The number of allylic oxidation sites excluding steroid dienone is 6. The SMILES string of the molecule is CC(C)(C)[Si](C)(C)Oc1ccc(O[Si](C)(C)C(C)(C)C)c2c3c(ccc12)CCC1=CCC2=C(C(=O)C=CC2=O)[C@H]13. The van der Waals surface area contributed by atoms with E-state index in [2.05, 4.69) is 98.1 Å². The molecule has 6 heteroatoms. The molecule has 0 heterocycles. The van der Waals surface area contributed by atoms with Crippen LogP contribution in [0.3, 0.4) is 0 Å². The van der Waals surface area contributed by atoms with Crippen molar-refractivity contribution >= 4 is 39.0 Å². The quantitative estimate of drug-likeness (QED) is 0.208. The third kappa shape index (κ3) is 4.67. The van der Waals surface area contributed by atoms with Crippen molar-refractivity contribution in [2.24, 2.45) is 0 Å². The van der Waals surface area contributed by atoms with Crippen molar-refractivity contribution in [3.63, 3.8) is 0 Å². The zero-order valence-electron chi connectivity index (χ0n) is 25.9. The van der Waals surface area contributed by atoms with Gasteiger partial charge in [0.25, 0.3) is 16.6 Å². The van der Waals surface area contributed by atoms with E-state index in [-0.39, 0.29) is 27.6 Å². The Hall–Kier alpha value is -2.71. The first-order valence-corrected chi connectivity index (χ1v) is 20.4. The van der Waals surface area contributed by atoms with Crippen LogP contribution < -0.4 is 8.85 Å². The van der Waals surface area contributed by atoms with Crippen LogP contribution in [0.15, 0.2) is 59.2 Å². The Morgan fingerprint density at radius 2 is 1.32 bits per heavy atom. The normalized spacial score (nSPS) is 19.8. The third-order valence-electron chi connectivity index (χ3n) is 10.0. The topological polar surface area (TPSA) is 52.6 Å². The van der Waals surface area contributed by atoms with Gasteiger partial charge in [0.2, 0.25) is 0 Å². The van der Waals surface area contributed by atoms with Crippen molar-refractivity contribution in [2.45, 2.75) is 103 Å². The molecular formula is C34H44O4Si2. The fourth-order valence-electron chi connectivity index (χ4n) is 5.58. The molecule has 40 heavy (non-hydrogen) atoms. The predicted molar refractivity (Wildman–Crippen MR) is 170 cm³/mol. The first-order chi connectivity index (χ1) is 18.4. The lowest BCUT2D eigenvalue weighted by Gasteiger charge is -2.40. The number of rotatable bonds is 4. The van der Waals surface area contributed by atoms with E-state index in [1.165, 1.54) is 23.3 Å². The Balaban J connectivity index is 1.81. The molecular weight excluding hydrogens is 529 g/mol. The Kier molecular flexibility index (Phi) is 6.78. The Bertz CT molecular complexity index is 1520. The number of fused-ring (bicyclic) bond motifs is 6.